The van der Waals surface area contributed by atoms with Crippen molar-refractivity contribution in [2.45, 2.75) is 78.4 Å². The van der Waals surface area contributed by atoms with E-state index in [1.807, 2.05) is 20.8 Å². The van der Waals surface area contributed by atoms with E-state index in [4.69, 9.17) is 11.1 Å². The molecule has 34 heavy (non-hydrogen) atoms. The summed E-state index contributed by atoms with van der Waals surface area (Å²) in [5.74, 6) is -1.50. The number of urea groups is 1. The van der Waals surface area contributed by atoms with Gasteiger partial charge in [-0.15, -0.1) is 0 Å². The number of ketones is 1. The lowest BCUT2D eigenvalue weighted by Crippen LogP contribution is -2.61. The number of likely N-dealkylation sites (tertiary alicyclic amines) is 1. The maximum Gasteiger partial charge on any atom is 0.315 e. The number of hydrogen-bond acceptors (Lipinski definition) is 5. The minimum Gasteiger partial charge on any atom is -0.363 e. The van der Waals surface area contributed by atoms with Gasteiger partial charge in [0.25, 0.3) is 5.91 Å². The second kappa shape index (κ2) is 9.19. The summed E-state index contributed by atoms with van der Waals surface area (Å²) in [5, 5.41) is 17.2. The Bertz CT molecular complexity index is 875. The van der Waals surface area contributed by atoms with Gasteiger partial charge in [0.15, 0.2) is 0 Å². The predicted octanol–water partition coefficient (Wildman–Crippen LogP) is 0.993. The van der Waals surface area contributed by atoms with Crippen LogP contribution in [-0.4, -0.2) is 66.1 Å². The number of hydrogen-bond donors (Lipinski definition) is 5. The van der Waals surface area contributed by atoms with Gasteiger partial charge < -0.3 is 26.6 Å². The molecule has 0 spiro atoms. The van der Waals surface area contributed by atoms with Crippen molar-refractivity contribution in [2.75, 3.05) is 13.6 Å². The molecular formula is C24H40N6O4. The molecule has 3 unspecified atom stereocenters. The first-order valence-corrected chi connectivity index (χ1v) is 12.2. The topological polar surface area (TPSA) is 157 Å². The van der Waals surface area contributed by atoms with E-state index in [9.17, 15) is 19.2 Å². The smallest absolute Gasteiger partial charge is 0.315 e. The second-order valence-corrected chi connectivity index (χ2v) is 11.8. The summed E-state index contributed by atoms with van der Waals surface area (Å²) in [4.78, 5) is 51.6. The molecule has 3 rings (SSSR count). The van der Waals surface area contributed by atoms with Gasteiger partial charge in [0, 0.05) is 13.6 Å². The number of piperidine rings is 1. The van der Waals surface area contributed by atoms with Crippen molar-refractivity contribution in [1.82, 2.24) is 20.9 Å². The second-order valence-electron chi connectivity index (χ2n) is 11.8. The standard InChI is InChI=1S/C24H40N6O4/c1-23(2,3)18(29-22(34)27-6)19(25)30-11-13-15(24(13,4)5)16(30)21(33)28-14(17(31)20(26)32)10-12-8-7-9-12/h12-16,18,25H,7-11H2,1-6H3,(H2,26,32)(H,28,33)(H2,27,29,34)/t13?,14?,15?,16-,18+/m0/s1. The molecule has 0 radical (unpaired) electrons. The SMILES string of the molecule is CNC(=O)N[C@H](C(=N)N1CC2C([C@H]1C(=O)NC(CC1CCC1)C(=O)C(N)=O)C2(C)C)C(C)(C)C. The van der Waals surface area contributed by atoms with Crippen molar-refractivity contribution in [2.24, 2.45) is 34.3 Å². The lowest BCUT2D eigenvalue weighted by atomic mass is 9.80. The number of carbonyl (C=O) groups is 4. The molecule has 0 bridgehead atoms. The maximum atomic E-state index is 13.6. The number of carbonyl (C=O) groups excluding carboxylic acids is 4. The molecule has 3 aliphatic rings. The van der Waals surface area contributed by atoms with Crippen molar-refractivity contribution < 1.29 is 19.2 Å². The number of Topliss-reactive ketones (excluding diaryl/α,β-unsaturated/α-hetero) is 1. The van der Waals surface area contributed by atoms with E-state index >= 15 is 0 Å². The highest BCUT2D eigenvalue weighted by atomic mass is 16.2. The third-order valence-corrected chi connectivity index (χ3v) is 8.10. The average Bonchev–Trinajstić information content (AvgIpc) is 3.06. The van der Waals surface area contributed by atoms with Gasteiger partial charge in [-0.1, -0.05) is 53.9 Å². The zero-order valence-electron chi connectivity index (χ0n) is 21.2. The van der Waals surface area contributed by atoms with Crippen LogP contribution in [0.25, 0.3) is 0 Å². The summed E-state index contributed by atoms with van der Waals surface area (Å²) in [5.41, 5.74) is 4.73. The summed E-state index contributed by atoms with van der Waals surface area (Å²) in [6.07, 6.45) is 3.41. The fraction of sp³-hybridized carbons (Fsp3) is 0.792. The summed E-state index contributed by atoms with van der Waals surface area (Å²) < 4.78 is 0. The molecular weight excluding hydrogens is 436 g/mol. The highest BCUT2D eigenvalue weighted by Gasteiger charge is 2.69. The molecule has 1 heterocycles. The Hall–Kier alpha value is -2.65. The van der Waals surface area contributed by atoms with Crippen LogP contribution >= 0.6 is 0 Å². The third-order valence-electron chi connectivity index (χ3n) is 8.10. The number of nitrogens with zero attached hydrogens (tertiary/aromatic N) is 1. The summed E-state index contributed by atoms with van der Waals surface area (Å²) in [6, 6.07) is -2.63. The Morgan fingerprint density at radius 1 is 1.15 bits per heavy atom. The number of amides is 4. The van der Waals surface area contributed by atoms with Crippen LogP contribution < -0.4 is 21.7 Å². The molecule has 6 N–H and O–H groups in total. The Morgan fingerprint density at radius 2 is 1.76 bits per heavy atom. The van der Waals surface area contributed by atoms with E-state index in [-0.39, 0.29) is 29.0 Å². The Labute approximate surface area is 201 Å². The molecule has 10 heteroatoms. The molecule has 1 saturated heterocycles. The van der Waals surface area contributed by atoms with Crippen LogP contribution in [0.2, 0.25) is 0 Å². The fourth-order valence-corrected chi connectivity index (χ4v) is 5.62. The van der Waals surface area contributed by atoms with Crippen LogP contribution in [0.5, 0.6) is 0 Å². The molecule has 0 aromatic rings. The van der Waals surface area contributed by atoms with Gasteiger partial charge >= 0.3 is 6.03 Å². The molecule has 190 valence electrons. The minimum atomic E-state index is -1.05. The summed E-state index contributed by atoms with van der Waals surface area (Å²) in [6.45, 7) is 10.5. The van der Waals surface area contributed by atoms with Crippen molar-refractivity contribution in [1.29, 1.82) is 5.41 Å². The molecule has 0 aromatic carbocycles. The van der Waals surface area contributed by atoms with E-state index < -0.39 is 41.3 Å². The van der Waals surface area contributed by atoms with Gasteiger partial charge in [0.1, 0.15) is 11.9 Å². The van der Waals surface area contributed by atoms with Gasteiger partial charge in [0.05, 0.1) is 12.1 Å². The molecule has 3 fully saturated rings. The number of amidine groups is 1. The lowest BCUT2D eigenvalue weighted by molar-refractivity contribution is -0.139. The molecule has 5 atom stereocenters. The van der Waals surface area contributed by atoms with Crippen molar-refractivity contribution in [3.8, 4) is 0 Å². The van der Waals surface area contributed by atoms with E-state index in [0.29, 0.717) is 18.9 Å². The third kappa shape index (κ3) is 4.90. The van der Waals surface area contributed by atoms with Crippen molar-refractivity contribution in [3.63, 3.8) is 0 Å². The zero-order chi connectivity index (χ0) is 25.6. The molecule has 1 aliphatic heterocycles. The molecule has 10 nitrogen and oxygen atoms in total. The minimum absolute atomic E-state index is 0.0153. The van der Waals surface area contributed by atoms with E-state index in [1.54, 1.807) is 4.90 Å². The van der Waals surface area contributed by atoms with Gasteiger partial charge in [-0.05, 0) is 35.0 Å². The Kier molecular flexibility index (Phi) is 7.01. The predicted molar refractivity (Wildman–Crippen MR) is 128 cm³/mol. The van der Waals surface area contributed by atoms with Crippen LogP contribution in [0, 0.1) is 34.0 Å². The lowest BCUT2D eigenvalue weighted by Gasteiger charge is -2.40. The first-order chi connectivity index (χ1) is 15.7. The number of nitrogens with two attached hydrogens (primary N) is 1. The molecule has 0 aromatic heterocycles. The van der Waals surface area contributed by atoms with Crippen LogP contribution in [-0.2, 0) is 14.4 Å². The highest BCUT2D eigenvalue weighted by Crippen LogP contribution is 2.65. The van der Waals surface area contributed by atoms with Crippen molar-refractivity contribution in [3.05, 3.63) is 0 Å². The van der Waals surface area contributed by atoms with Crippen LogP contribution in [0.3, 0.4) is 0 Å². The van der Waals surface area contributed by atoms with Gasteiger partial charge in [-0.25, -0.2) is 4.79 Å². The number of fused-ring (bicyclic) bond motifs is 1. The summed E-state index contributed by atoms with van der Waals surface area (Å²) >= 11 is 0. The zero-order valence-corrected chi connectivity index (χ0v) is 21.2. The highest BCUT2D eigenvalue weighted by molar-refractivity contribution is 6.37. The quantitative estimate of drug-likeness (QED) is 0.201. The first-order valence-electron chi connectivity index (χ1n) is 12.2. The van der Waals surface area contributed by atoms with E-state index in [2.05, 4.69) is 29.8 Å². The van der Waals surface area contributed by atoms with Gasteiger partial charge in [0.2, 0.25) is 11.7 Å². The Morgan fingerprint density at radius 3 is 2.24 bits per heavy atom. The van der Waals surface area contributed by atoms with E-state index in [0.717, 1.165) is 19.3 Å². The van der Waals surface area contributed by atoms with Crippen LogP contribution in [0.1, 0.15) is 60.3 Å². The normalized spacial score (nSPS) is 27.0. The fourth-order valence-electron chi connectivity index (χ4n) is 5.62. The molecule has 2 aliphatic carbocycles. The monoisotopic (exact) mass is 476 g/mol. The first kappa shape index (κ1) is 26.0. The largest absolute Gasteiger partial charge is 0.363 e. The number of primary amides is 1. The van der Waals surface area contributed by atoms with Crippen LogP contribution in [0.4, 0.5) is 4.79 Å². The number of nitrogens with one attached hydrogen (secondary N) is 4. The molecule has 4 amide bonds. The average molecular weight is 477 g/mol. The number of rotatable bonds is 8. The van der Waals surface area contributed by atoms with Crippen molar-refractivity contribution >= 4 is 29.5 Å². The molecule has 2 saturated carbocycles. The summed E-state index contributed by atoms with van der Waals surface area (Å²) in [7, 11) is 1.51. The van der Waals surface area contributed by atoms with Gasteiger partial charge in [-0.3, -0.25) is 19.8 Å². The van der Waals surface area contributed by atoms with E-state index in [1.165, 1.54) is 7.05 Å². The van der Waals surface area contributed by atoms with Crippen LogP contribution in [0.15, 0.2) is 0 Å². The van der Waals surface area contributed by atoms with Gasteiger partial charge in [-0.2, -0.15) is 0 Å². The Balaban J connectivity index is 1.84. The maximum absolute atomic E-state index is 13.6.